The van der Waals surface area contributed by atoms with Gasteiger partial charge in [-0.05, 0) is 69.1 Å². The van der Waals surface area contributed by atoms with Crippen molar-refractivity contribution >= 4 is 28.7 Å². The molecule has 0 bridgehead atoms. The van der Waals surface area contributed by atoms with E-state index < -0.39 is 0 Å². The fourth-order valence-electron chi connectivity index (χ4n) is 2.45. The maximum absolute atomic E-state index is 5.25. The minimum Gasteiger partial charge on any atom is -0.372 e. The van der Waals surface area contributed by atoms with Gasteiger partial charge in [0.05, 0.1) is 0 Å². The largest absolute Gasteiger partial charge is 0.372 e. The number of hydrogen-bond acceptors (Lipinski definition) is 2. The number of anilines is 2. The number of nitrogens with zero attached hydrogens (tertiary/aromatic N) is 1. The van der Waals surface area contributed by atoms with E-state index in [0.29, 0.717) is 11.2 Å². The van der Waals surface area contributed by atoms with Gasteiger partial charge in [-0.1, -0.05) is 6.92 Å². The zero-order valence-corrected chi connectivity index (χ0v) is 13.5. The van der Waals surface area contributed by atoms with E-state index in [1.807, 2.05) is 0 Å². The molecule has 20 heavy (non-hydrogen) atoms. The molecule has 1 saturated heterocycles. The number of hydrogen-bond donors (Lipinski definition) is 2. The predicted octanol–water partition coefficient (Wildman–Crippen LogP) is 3.62. The van der Waals surface area contributed by atoms with Crippen LogP contribution in [-0.4, -0.2) is 24.2 Å². The molecule has 0 amide bonds. The predicted molar refractivity (Wildman–Crippen MR) is 91.5 cm³/mol. The molecule has 0 saturated carbocycles. The summed E-state index contributed by atoms with van der Waals surface area (Å²) in [6.07, 6.45) is 2.59. The zero-order valence-electron chi connectivity index (χ0n) is 12.6. The lowest BCUT2D eigenvalue weighted by Gasteiger charge is -2.32. The van der Waals surface area contributed by atoms with Gasteiger partial charge in [-0.2, -0.15) is 0 Å². The zero-order chi connectivity index (χ0) is 14.5. The van der Waals surface area contributed by atoms with Crippen molar-refractivity contribution in [1.29, 1.82) is 0 Å². The summed E-state index contributed by atoms with van der Waals surface area (Å²) < 4.78 is 0. The van der Waals surface area contributed by atoms with Crippen LogP contribution in [0.25, 0.3) is 0 Å². The molecule has 1 aliphatic rings. The first-order valence-corrected chi connectivity index (χ1v) is 7.88. The van der Waals surface area contributed by atoms with Gasteiger partial charge in [-0.3, -0.25) is 0 Å². The third-order valence-corrected chi connectivity index (χ3v) is 3.91. The normalized spacial score (nSPS) is 16.3. The van der Waals surface area contributed by atoms with Gasteiger partial charge in [-0.15, -0.1) is 0 Å². The SMILES string of the molecule is CC1CCN(c2ccc(NC(=S)NC(C)C)cc2)CC1. The lowest BCUT2D eigenvalue weighted by Crippen LogP contribution is -2.34. The maximum Gasteiger partial charge on any atom is 0.170 e. The molecular weight excluding hydrogens is 266 g/mol. The molecule has 2 rings (SSSR count). The summed E-state index contributed by atoms with van der Waals surface area (Å²) in [6, 6.07) is 8.90. The molecule has 1 aliphatic heterocycles. The topological polar surface area (TPSA) is 27.3 Å². The maximum atomic E-state index is 5.25. The highest BCUT2D eigenvalue weighted by atomic mass is 32.1. The van der Waals surface area contributed by atoms with Crippen LogP contribution in [0.4, 0.5) is 11.4 Å². The van der Waals surface area contributed by atoms with Crippen molar-refractivity contribution in [3.63, 3.8) is 0 Å². The molecule has 110 valence electrons. The van der Waals surface area contributed by atoms with E-state index in [4.69, 9.17) is 12.2 Å². The highest BCUT2D eigenvalue weighted by Gasteiger charge is 2.15. The summed E-state index contributed by atoms with van der Waals surface area (Å²) in [5, 5.41) is 7.08. The Morgan fingerprint density at radius 2 is 1.80 bits per heavy atom. The van der Waals surface area contributed by atoms with Gasteiger partial charge in [0.1, 0.15) is 0 Å². The molecule has 1 aromatic carbocycles. The number of rotatable bonds is 3. The van der Waals surface area contributed by atoms with Gasteiger partial charge in [0, 0.05) is 30.5 Å². The van der Waals surface area contributed by atoms with Crippen LogP contribution < -0.4 is 15.5 Å². The van der Waals surface area contributed by atoms with E-state index in [0.717, 1.165) is 11.6 Å². The van der Waals surface area contributed by atoms with Crippen molar-refractivity contribution in [2.24, 2.45) is 5.92 Å². The Labute approximate surface area is 127 Å². The van der Waals surface area contributed by atoms with Crippen LogP contribution in [0.3, 0.4) is 0 Å². The monoisotopic (exact) mass is 291 g/mol. The van der Waals surface area contributed by atoms with Crippen molar-refractivity contribution in [3.8, 4) is 0 Å². The van der Waals surface area contributed by atoms with Gasteiger partial charge in [0.25, 0.3) is 0 Å². The van der Waals surface area contributed by atoms with Crippen molar-refractivity contribution in [3.05, 3.63) is 24.3 Å². The van der Waals surface area contributed by atoms with Crippen LogP contribution in [-0.2, 0) is 0 Å². The Bertz CT molecular complexity index is 434. The first-order chi connectivity index (χ1) is 9.54. The van der Waals surface area contributed by atoms with Crippen LogP contribution in [0.15, 0.2) is 24.3 Å². The Kier molecular flexibility index (Phi) is 5.24. The summed E-state index contributed by atoms with van der Waals surface area (Å²) in [6.45, 7) is 8.83. The first kappa shape index (κ1) is 15.1. The average Bonchev–Trinajstić information content (AvgIpc) is 2.39. The Hall–Kier alpha value is -1.29. The summed E-state index contributed by atoms with van der Waals surface area (Å²) in [5.41, 5.74) is 2.35. The minimum absolute atomic E-state index is 0.351. The summed E-state index contributed by atoms with van der Waals surface area (Å²) in [4.78, 5) is 2.47. The molecule has 3 nitrogen and oxygen atoms in total. The second kappa shape index (κ2) is 6.93. The van der Waals surface area contributed by atoms with E-state index in [1.165, 1.54) is 31.6 Å². The van der Waals surface area contributed by atoms with E-state index in [-0.39, 0.29) is 0 Å². The van der Waals surface area contributed by atoms with Crippen molar-refractivity contribution in [1.82, 2.24) is 5.32 Å². The van der Waals surface area contributed by atoms with E-state index in [2.05, 4.69) is 60.6 Å². The molecule has 4 heteroatoms. The molecular formula is C16H25N3S. The third kappa shape index (κ3) is 4.37. The Morgan fingerprint density at radius 3 is 2.35 bits per heavy atom. The van der Waals surface area contributed by atoms with Crippen LogP contribution >= 0.6 is 12.2 Å². The number of thiocarbonyl (C=S) groups is 1. The lowest BCUT2D eigenvalue weighted by molar-refractivity contribution is 0.438. The Morgan fingerprint density at radius 1 is 1.20 bits per heavy atom. The van der Waals surface area contributed by atoms with Crippen molar-refractivity contribution in [2.75, 3.05) is 23.3 Å². The first-order valence-electron chi connectivity index (χ1n) is 7.47. The molecule has 0 radical (unpaired) electrons. The third-order valence-electron chi connectivity index (χ3n) is 3.69. The fraction of sp³-hybridized carbons (Fsp3) is 0.562. The van der Waals surface area contributed by atoms with Crippen molar-refractivity contribution < 1.29 is 0 Å². The van der Waals surface area contributed by atoms with Gasteiger partial charge >= 0.3 is 0 Å². The van der Waals surface area contributed by atoms with Crippen LogP contribution in [0, 0.1) is 5.92 Å². The second-order valence-electron chi connectivity index (χ2n) is 5.97. The lowest BCUT2D eigenvalue weighted by atomic mass is 9.99. The second-order valence-corrected chi connectivity index (χ2v) is 6.38. The highest BCUT2D eigenvalue weighted by Crippen LogP contribution is 2.24. The van der Waals surface area contributed by atoms with Gasteiger partial charge in [0.15, 0.2) is 5.11 Å². The van der Waals surface area contributed by atoms with Crippen LogP contribution in [0.2, 0.25) is 0 Å². The van der Waals surface area contributed by atoms with Crippen LogP contribution in [0.1, 0.15) is 33.6 Å². The summed E-state index contributed by atoms with van der Waals surface area (Å²) in [7, 11) is 0. The number of piperidine rings is 1. The molecule has 0 aliphatic carbocycles. The van der Waals surface area contributed by atoms with E-state index in [1.54, 1.807) is 0 Å². The van der Waals surface area contributed by atoms with Gasteiger partial charge < -0.3 is 15.5 Å². The molecule has 1 heterocycles. The highest BCUT2D eigenvalue weighted by molar-refractivity contribution is 7.80. The Balaban J connectivity index is 1.91. The molecule has 1 aromatic rings. The molecule has 2 N–H and O–H groups in total. The average molecular weight is 291 g/mol. The molecule has 0 atom stereocenters. The summed E-state index contributed by atoms with van der Waals surface area (Å²) in [5.74, 6) is 0.867. The molecule has 0 unspecified atom stereocenters. The van der Waals surface area contributed by atoms with E-state index >= 15 is 0 Å². The van der Waals surface area contributed by atoms with Gasteiger partial charge in [-0.25, -0.2) is 0 Å². The number of benzene rings is 1. The summed E-state index contributed by atoms with van der Waals surface area (Å²) >= 11 is 5.25. The van der Waals surface area contributed by atoms with Gasteiger partial charge in [0.2, 0.25) is 0 Å². The number of nitrogens with one attached hydrogen (secondary N) is 2. The fourth-order valence-corrected chi connectivity index (χ4v) is 2.81. The standard InChI is InChI=1S/C16H25N3S/c1-12(2)17-16(20)18-14-4-6-15(7-5-14)19-10-8-13(3)9-11-19/h4-7,12-13H,8-11H2,1-3H3,(H2,17,18,20). The van der Waals surface area contributed by atoms with Crippen molar-refractivity contribution in [2.45, 2.75) is 39.7 Å². The van der Waals surface area contributed by atoms with E-state index in [9.17, 15) is 0 Å². The minimum atomic E-state index is 0.351. The quantitative estimate of drug-likeness (QED) is 0.832. The molecule has 1 fully saturated rings. The molecule has 0 spiro atoms. The smallest absolute Gasteiger partial charge is 0.170 e. The molecule has 0 aromatic heterocycles. The van der Waals surface area contributed by atoms with Crippen LogP contribution in [0.5, 0.6) is 0 Å².